The Labute approximate surface area is 108 Å². The molecule has 16 heavy (non-hydrogen) atoms. The smallest absolute Gasteiger partial charge is 0.226 e. The van der Waals surface area contributed by atoms with Crippen LogP contribution in [0.1, 0.15) is 52.9 Å². The standard InChI is InChI=1S/C13H24BrNO/c1-10(9-14)11(2)15-12(16)13(3)7-5-4-6-8-13/h10-11H,4-9H2,1-3H3,(H,15,16). The van der Waals surface area contributed by atoms with Crippen LogP contribution >= 0.6 is 15.9 Å². The van der Waals surface area contributed by atoms with Crippen molar-refractivity contribution in [2.75, 3.05) is 5.33 Å². The Morgan fingerprint density at radius 3 is 2.38 bits per heavy atom. The number of hydrogen-bond acceptors (Lipinski definition) is 1. The van der Waals surface area contributed by atoms with Crippen molar-refractivity contribution in [3.05, 3.63) is 0 Å². The molecule has 0 bridgehead atoms. The first-order valence-electron chi connectivity index (χ1n) is 6.36. The summed E-state index contributed by atoms with van der Waals surface area (Å²) < 4.78 is 0. The van der Waals surface area contributed by atoms with Gasteiger partial charge in [0.05, 0.1) is 0 Å². The lowest BCUT2D eigenvalue weighted by Crippen LogP contribution is -2.46. The second-order valence-electron chi connectivity index (χ2n) is 5.52. The zero-order valence-corrected chi connectivity index (χ0v) is 12.3. The predicted molar refractivity (Wildman–Crippen MR) is 71.8 cm³/mol. The third kappa shape index (κ3) is 3.47. The minimum atomic E-state index is -0.113. The average molecular weight is 290 g/mol. The van der Waals surface area contributed by atoms with Crippen molar-refractivity contribution in [1.29, 1.82) is 0 Å². The molecule has 1 saturated carbocycles. The lowest BCUT2D eigenvalue weighted by Gasteiger charge is -2.34. The predicted octanol–water partition coefficient (Wildman–Crippen LogP) is 3.49. The van der Waals surface area contributed by atoms with E-state index in [0.717, 1.165) is 18.2 Å². The summed E-state index contributed by atoms with van der Waals surface area (Å²) in [7, 11) is 0. The second-order valence-corrected chi connectivity index (χ2v) is 6.16. The molecule has 0 aromatic carbocycles. The molecule has 1 fully saturated rings. The zero-order valence-electron chi connectivity index (χ0n) is 10.7. The summed E-state index contributed by atoms with van der Waals surface area (Å²) in [6, 6.07) is 0.255. The lowest BCUT2D eigenvalue weighted by molar-refractivity contribution is -0.132. The van der Waals surface area contributed by atoms with Crippen LogP contribution in [0.25, 0.3) is 0 Å². The molecule has 0 heterocycles. The molecule has 0 aromatic rings. The first-order valence-corrected chi connectivity index (χ1v) is 7.48. The van der Waals surface area contributed by atoms with Gasteiger partial charge in [-0.2, -0.15) is 0 Å². The summed E-state index contributed by atoms with van der Waals surface area (Å²) in [5.41, 5.74) is -0.113. The Morgan fingerprint density at radius 2 is 1.88 bits per heavy atom. The van der Waals surface area contributed by atoms with Gasteiger partial charge in [-0.15, -0.1) is 0 Å². The summed E-state index contributed by atoms with van der Waals surface area (Å²) in [4.78, 5) is 12.2. The molecule has 0 saturated heterocycles. The van der Waals surface area contributed by atoms with E-state index in [1.54, 1.807) is 0 Å². The van der Waals surface area contributed by atoms with Gasteiger partial charge in [0, 0.05) is 16.8 Å². The molecular formula is C13H24BrNO. The minimum absolute atomic E-state index is 0.113. The highest BCUT2D eigenvalue weighted by atomic mass is 79.9. The lowest BCUT2D eigenvalue weighted by atomic mass is 9.75. The maximum Gasteiger partial charge on any atom is 0.226 e. The molecule has 0 aliphatic heterocycles. The first kappa shape index (κ1) is 14.0. The summed E-state index contributed by atoms with van der Waals surface area (Å²) in [6.45, 7) is 6.37. The molecule has 94 valence electrons. The normalized spacial score (nSPS) is 23.5. The van der Waals surface area contributed by atoms with Gasteiger partial charge in [-0.25, -0.2) is 0 Å². The average Bonchev–Trinajstić information content (AvgIpc) is 2.28. The van der Waals surface area contributed by atoms with Gasteiger partial charge in [0.25, 0.3) is 0 Å². The van der Waals surface area contributed by atoms with Crippen molar-refractivity contribution >= 4 is 21.8 Å². The van der Waals surface area contributed by atoms with E-state index in [0.29, 0.717) is 5.92 Å². The van der Waals surface area contributed by atoms with Gasteiger partial charge in [-0.1, -0.05) is 49.0 Å². The molecule has 0 spiro atoms. The van der Waals surface area contributed by atoms with Crippen LogP contribution < -0.4 is 5.32 Å². The van der Waals surface area contributed by atoms with Gasteiger partial charge in [0.1, 0.15) is 0 Å². The van der Waals surface area contributed by atoms with Crippen LogP contribution in [0.5, 0.6) is 0 Å². The molecule has 1 N–H and O–H groups in total. The van der Waals surface area contributed by atoms with Crippen LogP contribution in [0, 0.1) is 11.3 Å². The molecule has 0 radical (unpaired) electrons. The van der Waals surface area contributed by atoms with Crippen LogP contribution in [0.4, 0.5) is 0 Å². The Kier molecular flexibility index (Phi) is 5.29. The van der Waals surface area contributed by atoms with E-state index in [1.165, 1.54) is 19.3 Å². The van der Waals surface area contributed by atoms with Crippen molar-refractivity contribution in [2.24, 2.45) is 11.3 Å². The summed E-state index contributed by atoms with van der Waals surface area (Å²) >= 11 is 3.46. The van der Waals surface area contributed by atoms with Crippen LogP contribution in [0.15, 0.2) is 0 Å². The molecule has 0 aromatic heterocycles. The van der Waals surface area contributed by atoms with E-state index in [-0.39, 0.29) is 17.4 Å². The number of alkyl halides is 1. The van der Waals surface area contributed by atoms with Gasteiger partial charge in [0.2, 0.25) is 5.91 Å². The van der Waals surface area contributed by atoms with Gasteiger partial charge >= 0.3 is 0 Å². The van der Waals surface area contributed by atoms with E-state index in [2.05, 4.69) is 42.0 Å². The van der Waals surface area contributed by atoms with E-state index in [4.69, 9.17) is 0 Å². The highest BCUT2D eigenvalue weighted by molar-refractivity contribution is 9.09. The van der Waals surface area contributed by atoms with Gasteiger partial charge < -0.3 is 5.32 Å². The maximum absolute atomic E-state index is 12.2. The molecule has 1 amide bonds. The van der Waals surface area contributed by atoms with Gasteiger partial charge in [0.15, 0.2) is 0 Å². The quantitative estimate of drug-likeness (QED) is 0.789. The Bertz CT molecular complexity index is 236. The van der Waals surface area contributed by atoms with Crippen LogP contribution in [0.2, 0.25) is 0 Å². The fraction of sp³-hybridized carbons (Fsp3) is 0.923. The van der Waals surface area contributed by atoms with Gasteiger partial charge in [-0.3, -0.25) is 4.79 Å². The molecular weight excluding hydrogens is 266 g/mol. The van der Waals surface area contributed by atoms with Crippen LogP contribution in [-0.4, -0.2) is 17.3 Å². The number of rotatable bonds is 4. The number of carbonyl (C=O) groups excluding carboxylic acids is 1. The van der Waals surface area contributed by atoms with E-state index < -0.39 is 0 Å². The highest BCUT2D eigenvalue weighted by Crippen LogP contribution is 2.36. The Morgan fingerprint density at radius 1 is 1.31 bits per heavy atom. The summed E-state index contributed by atoms with van der Waals surface area (Å²) in [5, 5.41) is 4.11. The number of nitrogens with one attached hydrogen (secondary N) is 1. The molecule has 1 aliphatic carbocycles. The number of halogens is 1. The maximum atomic E-state index is 12.2. The van der Waals surface area contributed by atoms with Crippen LogP contribution in [-0.2, 0) is 4.79 Å². The van der Waals surface area contributed by atoms with E-state index in [9.17, 15) is 4.79 Å². The van der Waals surface area contributed by atoms with Crippen molar-refractivity contribution in [1.82, 2.24) is 5.32 Å². The molecule has 2 nitrogen and oxygen atoms in total. The third-order valence-electron chi connectivity index (χ3n) is 3.96. The molecule has 2 unspecified atom stereocenters. The van der Waals surface area contributed by atoms with Crippen molar-refractivity contribution in [3.8, 4) is 0 Å². The summed E-state index contributed by atoms with van der Waals surface area (Å²) in [6.07, 6.45) is 5.79. The molecule has 2 atom stereocenters. The van der Waals surface area contributed by atoms with E-state index >= 15 is 0 Å². The summed E-state index contributed by atoms with van der Waals surface area (Å²) in [5.74, 6) is 0.739. The zero-order chi connectivity index (χ0) is 12.2. The highest BCUT2D eigenvalue weighted by Gasteiger charge is 2.35. The second kappa shape index (κ2) is 6.04. The molecule has 1 rings (SSSR count). The number of hydrogen-bond donors (Lipinski definition) is 1. The monoisotopic (exact) mass is 289 g/mol. The number of amides is 1. The van der Waals surface area contributed by atoms with Crippen molar-refractivity contribution < 1.29 is 4.79 Å². The Hall–Kier alpha value is -0.0500. The fourth-order valence-electron chi connectivity index (χ4n) is 2.22. The minimum Gasteiger partial charge on any atom is -0.353 e. The SMILES string of the molecule is CC(CBr)C(C)NC(=O)C1(C)CCCCC1. The van der Waals surface area contributed by atoms with Gasteiger partial charge in [-0.05, 0) is 25.7 Å². The molecule has 3 heteroatoms. The van der Waals surface area contributed by atoms with Crippen molar-refractivity contribution in [2.45, 2.75) is 58.9 Å². The van der Waals surface area contributed by atoms with E-state index in [1.807, 2.05) is 0 Å². The Balaban J connectivity index is 2.50. The van der Waals surface area contributed by atoms with Crippen LogP contribution in [0.3, 0.4) is 0 Å². The number of carbonyl (C=O) groups is 1. The third-order valence-corrected chi connectivity index (χ3v) is 4.98. The first-order chi connectivity index (χ1) is 7.49. The largest absolute Gasteiger partial charge is 0.353 e. The topological polar surface area (TPSA) is 29.1 Å². The fourth-order valence-corrected chi connectivity index (χ4v) is 2.78. The molecule has 1 aliphatic rings. The van der Waals surface area contributed by atoms with Crippen molar-refractivity contribution in [3.63, 3.8) is 0 Å².